The van der Waals surface area contributed by atoms with E-state index in [1.807, 2.05) is 33.8 Å². The largest absolute Gasteiger partial charge is 0.458 e. The van der Waals surface area contributed by atoms with Crippen molar-refractivity contribution in [2.45, 2.75) is 52.4 Å². The van der Waals surface area contributed by atoms with Crippen LogP contribution in [0.2, 0.25) is 0 Å². The number of hydrogen-bond donors (Lipinski definition) is 0. The monoisotopic (exact) mass is 666 g/mol. The molecule has 0 amide bonds. The van der Waals surface area contributed by atoms with Crippen LogP contribution in [-0.2, 0) is 10.8 Å². The van der Waals surface area contributed by atoms with Gasteiger partial charge in [0, 0.05) is 35.4 Å². The Kier molecular flexibility index (Phi) is 7.87. The first-order valence-electron chi connectivity index (χ1n) is 17.5. The first-order valence-corrected chi connectivity index (χ1v) is 17.5. The summed E-state index contributed by atoms with van der Waals surface area (Å²) in [7, 11) is 0. The lowest BCUT2D eigenvalue weighted by atomic mass is 9.86. The molecule has 0 aliphatic carbocycles. The van der Waals surface area contributed by atoms with Crippen LogP contribution >= 0.6 is 0 Å². The van der Waals surface area contributed by atoms with Crippen LogP contribution in [0, 0.1) is 6.33 Å². The number of hydrogen-bond acceptors (Lipinski definition) is 2. The fourth-order valence-electron chi connectivity index (χ4n) is 6.67. The number of fused-ring (bicyclic) bond motifs is 3. The quantitative estimate of drug-likeness (QED) is 0.131. The van der Waals surface area contributed by atoms with Gasteiger partial charge < -0.3 is 4.74 Å². The van der Waals surface area contributed by atoms with Crippen LogP contribution in [-0.4, -0.2) is 14.1 Å². The van der Waals surface area contributed by atoms with Crippen molar-refractivity contribution in [1.29, 1.82) is 0 Å². The zero-order valence-corrected chi connectivity index (χ0v) is 30.1. The normalized spacial score (nSPS) is 12.1. The van der Waals surface area contributed by atoms with Gasteiger partial charge in [-0.2, -0.15) is 0 Å². The predicted octanol–water partition coefficient (Wildman–Crippen LogP) is 11.1. The summed E-state index contributed by atoms with van der Waals surface area (Å²) in [5, 5.41) is 2.35. The maximum Gasteiger partial charge on any atom is 0.268 e. The standard InChI is InChI=1S/C46H42N4O/c1-45(2,3)34-22-23-47-44(28-34)50-42-15-11-10-14-40(42)41-21-20-38(30-43(41)50)51-39-27-35(46(4,5)6)26-37(29-39)49-25-24-48(31-49)36-18-16-33(17-19-36)32-12-8-7-9-13-32/h7-30H,1-6H3. The van der Waals surface area contributed by atoms with Crippen LogP contribution in [0.15, 0.2) is 146 Å². The Bertz CT molecular complexity index is 2510. The molecule has 5 aromatic carbocycles. The molecule has 0 aliphatic heterocycles. The third-order valence-corrected chi connectivity index (χ3v) is 9.59. The summed E-state index contributed by atoms with van der Waals surface area (Å²) in [6.07, 6.45) is 9.52. The lowest BCUT2D eigenvalue weighted by Gasteiger charge is -2.22. The summed E-state index contributed by atoms with van der Waals surface area (Å²) >= 11 is 0. The number of nitrogens with zero attached hydrogens (tertiary/aromatic N) is 4. The van der Waals surface area contributed by atoms with E-state index in [1.165, 1.54) is 27.6 Å². The van der Waals surface area contributed by atoms with E-state index < -0.39 is 0 Å². The fourth-order valence-corrected chi connectivity index (χ4v) is 6.67. The molecule has 8 aromatic rings. The van der Waals surface area contributed by atoms with Crippen molar-refractivity contribution in [3.63, 3.8) is 0 Å². The average Bonchev–Trinajstić information content (AvgIpc) is 3.75. The second-order valence-corrected chi connectivity index (χ2v) is 15.3. The molecule has 3 heterocycles. The molecule has 5 nitrogen and oxygen atoms in total. The van der Waals surface area contributed by atoms with Gasteiger partial charge in [-0.05, 0) is 93.7 Å². The highest BCUT2D eigenvalue weighted by atomic mass is 16.5. The Balaban J connectivity index is 1.16. The van der Waals surface area contributed by atoms with Crippen molar-refractivity contribution >= 4 is 21.8 Å². The number of para-hydroxylation sites is 1. The summed E-state index contributed by atoms with van der Waals surface area (Å²) in [6.45, 7) is 13.4. The number of ether oxygens (including phenoxy) is 1. The second-order valence-electron chi connectivity index (χ2n) is 15.3. The van der Waals surface area contributed by atoms with Gasteiger partial charge in [0.2, 0.25) is 0 Å². The van der Waals surface area contributed by atoms with Gasteiger partial charge in [-0.1, -0.05) is 102 Å². The first-order chi connectivity index (χ1) is 24.5. The summed E-state index contributed by atoms with van der Waals surface area (Å²) in [5.41, 5.74) is 8.91. The molecule has 0 spiro atoms. The number of imidazole rings is 1. The lowest BCUT2D eigenvalue weighted by molar-refractivity contribution is -0.599. The Morgan fingerprint density at radius 3 is 2.08 bits per heavy atom. The number of benzene rings is 5. The van der Waals surface area contributed by atoms with E-state index in [2.05, 4.69) is 174 Å². The van der Waals surface area contributed by atoms with Crippen LogP contribution in [0.1, 0.15) is 52.7 Å². The van der Waals surface area contributed by atoms with Crippen LogP contribution in [0.25, 0.3) is 50.1 Å². The minimum atomic E-state index is -0.0926. The number of pyridine rings is 1. The molecule has 252 valence electrons. The van der Waals surface area contributed by atoms with Gasteiger partial charge in [-0.15, -0.1) is 0 Å². The van der Waals surface area contributed by atoms with Gasteiger partial charge in [0.15, 0.2) is 0 Å². The van der Waals surface area contributed by atoms with Crippen molar-refractivity contribution in [2.75, 3.05) is 0 Å². The van der Waals surface area contributed by atoms with Gasteiger partial charge in [-0.3, -0.25) is 13.7 Å². The highest BCUT2D eigenvalue weighted by molar-refractivity contribution is 6.09. The molecular formula is C46H42N4O. The van der Waals surface area contributed by atoms with Crippen molar-refractivity contribution in [3.05, 3.63) is 163 Å². The van der Waals surface area contributed by atoms with E-state index in [1.54, 1.807) is 0 Å². The van der Waals surface area contributed by atoms with Gasteiger partial charge >= 0.3 is 0 Å². The summed E-state index contributed by atoms with van der Waals surface area (Å²) < 4.78 is 13.0. The molecule has 0 aliphatic rings. The van der Waals surface area contributed by atoms with E-state index in [4.69, 9.17) is 9.72 Å². The van der Waals surface area contributed by atoms with E-state index in [-0.39, 0.29) is 10.8 Å². The molecular weight excluding hydrogens is 625 g/mol. The van der Waals surface area contributed by atoms with Crippen LogP contribution in [0.5, 0.6) is 11.5 Å². The zero-order valence-electron chi connectivity index (χ0n) is 30.1. The molecule has 8 rings (SSSR count). The molecule has 0 N–H and O–H groups in total. The smallest absolute Gasteiger partial charge is 0.268 e. The molecule has 5 heteroatoms. The number of rotatable bonds is 6. The van der Waals surface area contributed by atoms with Crippen LogP contribution in [0.3, 0.4) is 0 Å². The summed E-state index contributed by atoms with van der Waals surface area (Å²) in [4.78, 5) is 4.85. The maximum absolute atomic E-state index is 6.73. The van der Waals surface area contributed by atoms with Crippen molar-refractivity contribution in [1.82, 2.24) is 14.1 Å². The van der Waals surface area contributed by atoms with Gasteiger partial charge in [0.05, 0.1) is 22.4 Å². The molecule has 0 unspecified atom stereocenters. The van der Waals surface area contributed by atoms with Crippen molar-refractivity contribution < 1.29 is 9.30 Å². The summed E-state index contributed by atoms with van der Waals surface area (Å²) in [5.74, 6) is 2.43. The SMILES string of the molecule is CC(C)(C)c1cc(Oc2ccc3c4ccccc4n(-c4cc(C(C)(C)C)ccn4)c3c2)cc(-n2[c-][n+](-c3ccc(-c4ccccc4)cc3)cc2)c1. The topological polar surface area (TPSA) is 35.9 Å². The predicted molar refractivity (Wildman–Crippen MR) is 208 cm³/mol. The molecule has 0 bridgehead atoms. The molecule has 0 atom stereocenters. The Labute approximate surface area is 300 Å². The number of aromatic nitrogens is 4. The van der Waals surface area contributed by atoms with Gasteiger partial charge in [0.1, 0.15) is 17.3 Å². The molecule has 0 saturated heterocycles. The molecule has 0 saturated carbocycles. The molecule has 0 radical (unpaired) electrons. The minimum Gasteiger partial charge on any atom is -0.458 e. The third-order valence-electron chi connectivity index (χ3n) is 9.59. The van der Waals surface area contributed by atoms with E-state index >= 15 is 0 Å². The fraction of sp³-hybridized carbons (Fsp3) is 0.174. The van der Waals surface area contributed by atoms with Crippen LogP contribution < -0.4 is 9.30 Å². The van der Waals surface area contributed by atoms with Crippen LogP contribution in [0.4, 0.5) is 0 Å². The van der Waals surface area contributed by atoms with Gasteiger partial charge in [0.25, 0.3) is 6.33 Å². The highest BCUT2D eigenvalue weighted by Gasteiger charge is 2.20. The average molecular weight is 667 g/mol. The van der Waals surface area contributed by atoms with E-state index in [0.717, 1.165) is 45.1 Å². The van der Waals surface area contributed by atoms with Gasteiger partial charge in [-0.25, -0.2) is 4.98 Å². The summed E-state index contributed by atoms with van der Waals surface area (Å²) in [6, 6.07) is 44.7. The van der Waals surface area contributed by atoms with Crippen molar-refractivity contribution in [3.8, 4) is 39.8 Å². The maximum atomic E-state index is 6.73. The Hall–Kier alpha value is -5.94. The molecule has 51 heavy (non-hydrogen) atoms. The van der Waals surface area contributed by atoms with Crippen molar-refractivity contribution in [2.24, 2.45) is 0 Å². The lowest BCUT2D eigenvalue weighted by Crippen LogP contribution is -2.28. The Morgan fingerprint density at radius 1 is 0.608 bits per heavy atom. The second kappa shape index (κ2) is 12.4. The molecule has 0 fully saturated rings. The zero-order chi connectivity index (χ0) is 35.3. The first kappa shape index (κ1) is 32.3. The Morgan fingerprint density at radius 2 is 1.31 bits per heavy atom. The minimum absolute atomic E-state index is 0.00388. The highest BCUT2D eigenvalue weighted by Crippen LogP contribution is 2.37. The van der Waals surface area contributed by atoms with E-state index in [0.29, 0.717) is 0 Å². The third kappa shape index (κ3) is 6.32. The van der Waals surface area contributed by atoms with E-state index in [9.17, 15) is 0 Å². The molecule has 3 aromatic heterocycles.